The van der Waals surface area contributed by atoms with E-state index >= 15 is 0 Å². The maximum absolute atomic E-state index is 6.05. The van der Waals surface area contributed by atoms with Crippen molar-refractivity contribution >= 4 is 22.5 Å². The first kappa shape index (κ1) is 7.96. The third-order valence-electron chi connectivity index (χ3n) is 1.74. The summed E-state index contributed by atoms with van der Waals surface area (Å²) >= 11 is 6.05. The molecule has 0 saturated carbocycles. The molecule has 0 radical (unpaired) electrons. The highest BCUT2D eigenvalue weighted by Crippen LogP contribution is 2.45. The Kier molecular flexibility index (Phi) is 2.24. The van der Waals surface area contributed by atoms with E-state index in [-0.39, 0.29) is 10.9 Å². The molecule has 0 atom stereocenters. The van der Waals surface area contributed by atoms with Crippen LogP contribution in [0.2, 0.25) is 5.02 Å². The quantitative estimate of drug-likeness (QED) is 0.650. The zero-order chi connectivity index (χ0) is 8.39. The minimum Gasteiger partial charge on any atom is -0.185 e. The third-order valence-corrected chi connectivity index (χ3v) is 4.13. The Morgan fingerprint density at radius 3 is 2.33 bits per heavy atom. The zero-order valence-corrected chi connectivity index (χ0v) is 8.09. The molecule has 1 aromatic rings. The van der Waals surface area contributed by atoms with E-state index in [1.165, 1.54) is 4.90 Å². The van der Waals surface area contributed by atoms with Gasteiger partial charge in [0.05, 0.1) is 5.02 Å². The lowest BCUT2D eigenvalue weighted by Gasteiger charge is -2.11. The Balaban J connectivity index is 2.39. The highest BCUT2D eigenvalue weighted by Gasteiger charge is 2.05. The first-order valence-corrected chi connectivity index (χ1v) is 5.61. The van der Waals surface area contributed by atoms with Crippen molar-refractivity contribution in [3.05, 3.63) is 52.3 Å². The predicted molar refractivity (Wildman–Crippen MR) is 57.0 cm³/mol. The van der Waals surface area contributed by atoms with Crippen molar-refractivity contribution in [2.75, 3.05) is 0 Å². The Bertz CT molecular complexity index is 329. The second-order valence-corrected chi connectivity index (χ2v) is 4.84. The van der Waals surface area contributed by atoms with Crippen molar-refractivity contribution in [2.24, 2.45) is 0 Å². The molecule has 0 N–H and O–H groups in total. The van der Waals surface area contributed by atoms with Crippen molar-refractivity contribution in [2.45, 2.75) is 4.90 Å². The number of thiol groups is 1. The number of allylic oxidation sites excluding steroid dienone is 2. The topological polar surface area (TPSA) is 0 Å². The SMILES string of the molecule is Clc1ccccc1[SH]1C=CC=C1. The zero-order valence-electron chi connectivity index (χ0n) is 6.44. The molecule has 2 heteroatoms. The Morgan fingerprint density at radius 2 is 1.67 bits per heavy atom. The number of hydrogen-bond donors (Lipinski definition) is 1. The van der Waals surface area contributed by atoms with Gasteiger partial charge in [0.25, 0.3) is 0 Å². The van der Waals surface area contributed by atoms with Gasteiger partial charge in [0, 0.05) is 4.90 Å². The summed E-state index contributed by atoms with van der Waals surface area (Å²) in [6, 6.07) is 8.03. The van der Waals surface area contributed by atoms with Crippen LogP contribution >= 0.6 is 22.5 Å². The molecular formula is C10H9ClS. The molecule has 1 aliphatic heterocycles. The fourth-order valence-corrected chi connectivity index (χ4v) is 3.15. The molecule has 62 valence electrons. The van der Waals surface area contributed by atoms with E-state index in [1.807, 2.05) is 18.2 Å². The standard InChI is InChI=1S/C10H9ClS/c11-9-5-1-2-6-10(9)12-7-3-4-8-12/h1-8,12H. The lowest BCUT2D eigenvalue weighted by molar-refractivity contribution is 1.46. The van der Waals surface area contributed by atoms with Crippen LogP contribution in [0.3, 0.4) is 0 Å². The molecule has 1 heterocycles. The summed E-state index contributed by atoms with van der Waals surface area (Å²) in [7, 11) is -0.254. The summed E-state index contributed by atoms with van der Waals surface area (Å²) in [6.45, 7) is 0. The Morgan fingerprint density at radius 1 is 1.00 bits per heavy atom. The molecule has 2 rings (SSSR count). The molecule has 0 unspecified atom stereocenters. The minimum absolute atomic E-state index is 0.254. The highest BCUT2D eigenvalue weighted by molar-refractivity contribution is 8.22. The van der Waals surface area contributed by atoms with Gasteiger partial charge in [0.1, 0.15) is 0 Å². The summed E-state index contributed by atoms with van der Waals surface area (Å²) in [5.74, 6) is 0. The van der Waals surface area contributed by atoms with Crippen molar-refractivity contribution < 1.29 is 0 Å². The number of rotatable bonds is 1. The van der Waals surface area contributed by atoms with Crippen LogP contribution < -0.4 is 0 Å². The maximum atomic E-state index is 6.05. The molecule has 0 amide bonds. The van der Waals surface area contributed by atoms with E-state index in [4.69, 9.17) is 11.6 Å². The lowest BCUT2D eigenvalue weighted by Crippen LogP contribution is -1.75. The van der Waals surface area contributed by atoms with Crippen molar-refractivity contribution in [3.8, 4) is 0 Å². The molecule has 0 saturated heterocycles. The maximum Gasteiger partial charge on any atom is 0.0530 e. The van der Waals surface area contributed by atoms with Gasteiger partial charge in [-0.15, -0.1) is 0 Å². The normalized spacial score (nSPS) is 17.2. The fraction of sp³-hybridized carbons (Fsp3) is 0. The van der Waals surface area contributed by atoms with Crippen LogP contribution in [0.1, 0.15) is 0 Å². The number of benzene rings is 1. The van der Waals surface area contributed by atoms with E-state index in [9.17, 15) is 0 Å². The predicted octanol–water partition coefficient (Wildman–Crippen LogP) is 3.74. The highest BCUT2D eigenvalue weighted by atomic mass is 35.5. The van der Waals surface area contributed by atoms with Crippen molar-refractivity contribution in [3.63, 3.8) is 0 Å². The molecule has 0 fully saturated rings. The second-order valence-electron chi connectivity index (χ2n) is 2.54. The van der Waals surface area contributed by atoms with E-state index in [2.05, 4.69) is 29.0 Å². The average Bonchev–Trinajstić information content (AvgIpc) is 2.57. The minimum atomic E-state index is -0.254. The number of hydrogen-bond acceptors (Lipinski definition) is 0. The van der Waals surface area contributed by atoms with Gasteiger partial charge in [0.15, 0.2) is 0 Å². The summed E-state index contributed by atoms with van der Waals surface area (Å²) in [6.07, 6.45) is 4.16. The summed E-state index contributed by atoms with van der Waals surface area (Å²) in [4.78, 5) is 1.25. The van der Waals surface area contributed by atoms with Crippen LogP contribution in [0.5, 0.6) is 0 Å². The molecule has 1 aliphatic rings. The van der Waals surface area contributed by atoms with Gasteiger partial charge in [0.2, 0.25) is 0 Å². The second kappa shape index (κ2) is 3.38. The van der Waals surface area contributed by atoms with Gasteiger partial charge in [-0.05, 0) is 22.9 Å². The van der Waals surface area contributed by atoms with Crippen LogP contribution in [0, 0.1) is 0 Å². The monoisotopic (exact) mass is 196 g/mol. The van der Waals surface area contributed by atoms with Gasteiger partial charge < -0.3 is 0 Å². The number of halogens is 1. The molecule has 0 bridgehead atoms. The Hall–Kier alpha value is -0.660. The summed E-state index contributed by atoms with van der Waals surface area (Å²) in [5, 5.41) is 5.28. The third kappa shape index (κ3) is 1.43. The van der Waals surface area contributed by atoms with Gasteiger partial charge in [-0.2, -0.15) is 10.9 Å². The van der Waals surface area contributed by atoms with Crippen LogP contribution in [-0.2, 0) is 0 Å². The average molecular weight is 197 g/mol. The summed E-state index contributed by atoms with van der Waals surface area (Å²) in [5.41, 5.74) is 0. The first-order valence-electron chi connectivity index (χ1n) is 3.76. The van der Waals surface area contributed by atoms with Crippen LogP contribution in [0.4, 0.5) is 0 Å². The molecule has 0 nitrogen and oxygen atoms in total. The van der Waals surface area contributed by atoms with Crippen LogP contribution in [0.25, 0.3) is 0 Å². The van der Waals surface area contributed by atoms with Gasteiger partial charge in [-0.3, -0.25) is 0 Å². The van der Waals surface area contributed by atoms with E-state index in [0.717, 1.165) is 5.02 Å². The molecule has 12 heavy (non-hydrogen) atoms. The first-order chi connectivity index (χ1) is 5.88. The van der Waals surface area contributed by atoms with Crippen molar-refractivity contribution in [1.29, 1.82) is 0 Å². The van der Waals surface area contributed by atoms with E-state index < -0.39 is 0 Å². The molecule has 1 aromatic carbocycles. The van der Waals surface area contributed by atoms with Gasteiger partial charge >= 0.3 is 0 Å². The van der Waals surface area contributed by atoms with Crippen molar-refractivity contribution in [1.82, 2.24) is 0 Å². The smallest absolute Gasteiger partial charge is 0.0530 e. The van der Waals surface area contributed by atoms with Crippen LogP contribution in [-0.4, -0.2) is 0 Å². The van der Waals surface area contributed by atoms with E-state index in [1.54, 1.807) is 0 Å². The molecular weight excluding hydrogens is 188 g/mol. The van der Waals surface area contributed by atoms with Gasteiger partial charge in [-0.1, -0.05) is 35.9 Å². The van der Waals surface area contributed by atoms with Gasteiger partial charge in [-0.25, -0.2) is 0 Å². The lowest BCUT2D eigenvalue weighted by atomic mass is 10.4. The molecule has 0 aromatic heterocycles. The van der Waals surface area contributed by atoms with E-state index in [0.29, 0.717) is 0 Å². The Labute approximate surface area is 79.9 Å². The largest absolute Gasteiger partial charge is 0.185 e. The fourth-order valence-electron chi connectivity index (χ4n) is 1.16. The molecule has 0 aliphatic carbocycles. The van der Waals surface area contributed by atoms with Crippen LogP contribution in [0.15, 0.2) is 52.1 Å². The molecule has 0 spiro atoms. The summed E-state index contributed by atoms with van der Waals surface area (Å²) < 4.78 is 0.